The van der Waals surface area contributed by atoms with Crippen molar-refractivity contribution in [3.63, 3.8) is 0 Å². The Morgan fingerprint density at radius 2 is 1.81 bits per heavy atom. The predicted octanol–water partition coefficient (Wildman–Crippen LogP) is 0.926. The van der Waals surface area contributed by atoms with Gasteiger partial charge in [0.15, 0.2) is 0 Å². The molecular weight excluding hydrogens is 202 g/mol. The van der Waals surface area contributed by atoms with Crippen molar-refractivity contribution in [2.75, 3.05) is 0 Å². The molecule has 0 bridgehead atoms. The normalized spacial score (nSPS) is 10.9. The van der Waals surface area contributed by atoms with Gasteiger partial charge in [-0.1, -0.05) is 0 Å². The molecule has 0 aliphatic heterocycles. The van der Waals surface area contributed by atoms with Crippen LogP contribution in [0.15, 0.2) is 24.8 Å². The summed E-state index contributed by atoms with van der Waals surface area (Å²) >= 11 is 0. The number of hydrogen-bond donors (Lipinski definition) is 1. The zero-order valence-electron chi connectivity index (χ0n) is 9.72. The number of aryl methyl sites for hydroxylation is 2. The van der Waals surface area contributed by atoms with Gasteiger partial charge in [-0.05, 0) is 6.92 Å². The molecule has 0 aliphatic carbocycles. The van der Waals surface area contributed by atoms with E-state index in [1.165, 1.54) is 11.1 Å². The molecule has 0 aromatic carbocycles. The van der Waals surface area contributed by atoms with Crippen LogP contribution in [0, 0.1) is 0 Å². The molecule has 2 aromatic rings. The van der Waals surface area contributed by atoms with Crippen LogP contribution in [-0.4, -0.2) is 19.6 Å². The van der Waals surface area contributed by atoms with Crippen molar-refractivity contribution in [3.05, 3.63) is 35.9 Å². The Bertz CT molecular complexity index is 443. The highest BCUT2D eigenvalue weighted by atomic mass is 15.3. The lowest BCUT2D eigenvalue weighted by atomic mass is 10.3. The van der Waals surface area contributed by atoms with E-state index in [9.17, 15) is 0 Å². The van der Waals surface area contributed by atoms with Crippen LogP contribution in [-0.2, 0) is 26.7 Å². The third-order valence-electron chi connectivity index (χ3n) is 2.43. The number of nitrogens with zero attached hydrogens (tertiary/aromatic N) is 4. The van der Waals surface area contributed by atoms with Crippen LogP contribution in [0.5, 0.6) is 0 Å². The van der Waals surface area contributed by atoms with Crippen molar-refractivity contribution >= 4 is 0 Å². The van der Waals surface area contributed by atoms with E-state index in [0.29, 0.717) is 0 Å². The molecule has 2 heterocycles. The molecule has 0 saturated carbocycles. The molecule has 0 fully saturated rings. The van der Waals surface area contributed by atoms with Gasteiger partial charge in [0, 0.05) is 50.2 Å². The van der Waals surface area contributed by atoms with Gasteiger partial charge < -0.3 is 5.32 Å². The molecule has 86 valence electrons. The van der Waals surface area contributed by atoms with E-state index in [-0.39, 0.29) is 0 Å². The smallest absolute Gasteiger partial charge is 0.0534 e. The summed E-state index contributed by atoms with van der Waals surface area (Å²) in [4.78, 5) is 0. The zero-order valence-corrected chi connectivity index (χ0v) is 9.72. The highest BCUT2D eigenvalue weighted by Crippen LogP contribution is 1.99. The minimum Gasteiger partial charge on any atom is -0.308 e. The second-order valence-electron chi connectivity index (χ2n) is 3.83. The number of aromatic nitrogens is 4. The summed E-state index contributed by atoms with van der Waals surface area (Å²) in [6, 6.07) is 0. The van der Waals surface area contributed by atoms with Crippen LogP contribution in [0.2, 0.25) is 0 Å². The fourth-order valence-corrected chi connectivity index (χ4v) is 1.58. The maximum atomic E-state index is 4.22. The molecule has 0 spiro atoms. The monoisotopic (exact) mass is 219 g/mol. The number of rotatable bonds is 5. The molecule has 0 unspecified atom stereocenters. The maximum Gasteiger partial charge on any atom is 0.0534 e. The second-order valence-corrected chi connectivity index (χ2v) is 3.83. The third-order valence-corrected chi connectivity index (χ3v) is 2.43. The van der Waals surface area contributed by atoms with Crippen LogP contribution in [0.3, 0.4) is 0 Å². The molecule has 0 amide bonds. The van der Waals surface area contributed by atoms with E-state index < -0.39 is 0 Å². The highest BCUT2D eigenvalue weighted by Gasteiger charge is 1.98. The van der Waals surface area contributed by atoms with E-state index in [0.717, 1.165) is 19.6 Å². The quantitative estimate of drug-likeness (QED) is 0.813. The van der Waals surface area contributed by atoms with Crippen LogP contribution in [0.25, 0.3) is 0 Å². The molecular formula is C11H17N5. The maximum absolute atomic E-state index is 4.22. The van der Waals surface area contributed by atoms with Gasteiger partial charge in [0.05, 0.1) is 12.4 Å². The molecule has 0 atom stereocenters. The van der Waals surface area contributed by atoms with Gasteiger partial charge >= 0.3 is 0 Å². The van der Waals surface area contributed by atoms with Gasteiger partial charge in [-0.15, -0.1) is 0 Å². The molecule has 0 radical (unpaired) electrons. The fourth-order valence-electron chi connectivity index (χ4n) is 1.58. The van der Waals surface area contributed by atoms with Crippen LogP contribution in [0.4, 0.5) is 0 Å². The van der Waals surface area contributed by atoms with Crippen molar-refractivity contribution in [1.29, 1.82) is 0 Å². The molecule has 0 aliphatic rings. The molecule has 1 N–H and O–H groups in total. The zero-order chi connectivity index (χ0) is 11.4. The van der Waals surface area contributed by atoms with Crippen molar-refractivity contribution in [2.45, 2.75) is 26.6 Å². The SMILES string of the molecule is CCn1cc(CNCc2cnn(C)c2)cn1. The molecule has 2 aromatic heterocycles. The lowest BCUT2D eigenvalue weighted by Crippen LogP contribution is -2.11. The Balaban J connectivity index is 1.79. The van der Waals surface area contributed by atoms with Crippen molar-refractivity contribution < 1.29 is 0 Å². The number of hydrogen-bond acceptors (Lipinski definition) is 3. The molecule has 5 heteroatoms. The first-order valence-electron chi connectivity index (χ1n) is 5.47. The Hall–Kier alpha value is -1.62. The first kappa shape index (κ1) is 10.9. The number of nitrogens with one attached hydrogen (secondary N) is 1. The van der Waals surface area contributed by atoms with Crippen molar-refractivity contribution in [1.82, 2.24) is 24.9 Å². The Morgan fingerprint density at radius 3 is 2.38 bits per heavy atom. The average Bonchev–Trinajstić information content (AvgIpc) is 2.88. The fraction of sp³-hybridized carbons (Fsp3) is 0.455. The first-order chi connectivity index (χ1) is 7.78. The van der Waals surface area contributed by atoms with Gasteiger partial charge in [-0.2, -0.15) is 10.2 Å². The summed E-state index contributed by atoms with van der Waals surface area (Å²) < 4.78 is 3.74. The summed E-state index contributed by atoms with van der Waals surface area (Å²) in [5.74, 6) is 0. The van der Waals surface area contributed by atoms with Gasteiger partial charge in [-0.3, -0.25) is 9.36 Å². The lowest BCUT2D eigenvalue weighted by Gasteiger charge is -1.99. The van der Waals surface area contributed by atoms with Gasteiger partial charge in [-0.25, -0.2) is 0 Å². The summed E-state index contributed by atoms with van der Waals surface area (Å²) in [5.41, 5.74) is 2.41. The Morgan fingerprint density at radius 1 is 1.12 bits per heavy atom. The third kappa shape index (κ3) is 2.70. The van der Waals surface area contributed by atoms with Gasteiger partial charge in [0.25, 0.3) is 0 Å². The van der Waals surface area contributed by atoms with E-state index in [1.807, 2.05) is 35.0 Å². The van der Waals surface area contributed by atoms with E-state index >= 15 is 0 Å². The van der Waals surface area contributed by atoms with Gasteiger partial charge in [0.2, 0.25) is 0 Å². The minimum absolute atomic E-state index is 0.838. The molecule has 16 heavy (non-hydrogen) atoms. The summed E-state index contributed by atoms with van der Waals surface area (Å²) in [6.45, 7) is 4.68. The van der Waals surface area contributed by atoms with Crippen LogP contribution in [0.1, 0.15) is 18.1 Å². The molecule has 2 rings (SSSR count). The molecule has 5 nitrogen and oxygen atoms in total. The first-order valence-corrected chi connectivity index (χ1v) is 5.47. The predicted molar refractivity (Wildman–Crippen MR) is 61.7 cm³/mol. The summed E-state index contributed by atoms with van der Waals surface area (Å²) in [5, 5.41) is 11.7. The lowest BCUT2D eigenvalue weighted by molar-refractivity contribution is 0.655. The molecule has 0 saturated heterocycles. The highest BCUT2D eigenvalue weighted by molar-refractivity contribution is 5.06. The van der Waals surface area contributed by atoms with Crippen LogP contribution >= 0.6 is 0 Å². The minimum atomic E-state index is 0.838. The van der Waals surface area contributed by atoms with Crippen LogP contribution < -0.4 is 5.32 Å². The summed E-state index contributed by atoms with van der Waals surface area (Å²) in [6.07, 6.45) is 7.86. The average molecular weight is 219 g/mol. The second kappa shape index (κ2) is 4.94. The van der Waals surface area contributed by atoms with E-state index in [4.69, 9.17) is 0 Å². The van der Waals surface area contributed by atoms with Gasteiger partial charge in [0.1, 0.15) is 0 Å². The van der Waals surface area contributed by atoms with Crippen molar-refractivity contribution in [2.24, 2.45) is 7.05 Å². The van der Waals surface area contributed by atoms with E-state index in [1.54, 1.807) is 0 Å². The van der Waals surface area contributed by atoms with E-state index in [2.05, 4.69) is 28.6 Å². The standard InChI is InChI=1S/C11H17N5/c1-3-16-9-11(7-14-16)5-12-4-10-6-13-15(2)8-10/h6-9,12H,3-5H2,1-2H3. The Labute approximate surface area is 95.1 Å². The van der Waals surface area contributed by atoms with Crippen molar-refractivity contribution in [3.8, 4) is 0 Å². The largest absolute Gasteiger partial charge is 0.308 e. The summed E-state index contributed by atoms with van der Waals surface area (Å²) in [7, 11) is 1.93. The Kier molecular flexibility index (Phi) is 3.36. The topological polar surface area (TPSA) is 47.7 Å².